The number of carbonyl (C=O) groups excluding carboxylic acids is 4. The first-order valence-corrected chi connectivity index (χ1v) is 10.6. The van der Waals surface area contributed by atoms with E-state index >= 15 is 0 Å². The van der Waals surface area contributed by atoms with Crippen molar-refractivity contribution in [2.45, 2.75) is 20.5 Å². The van der Waals surface area contributed by atoms with Crippen molar-refractivity contribution >= 4 is 45.8 Å². The number of benzene rings is 2. The number of hydrogen-bond donors (Lipinski definition) is 0. The van der Waals surface area contributed by atoms with Crippen molar-refractivity contribution in [3.63, 3.8) is 0 Å². The van der Waals surface area contributed by atoms with Crippen LogP contribution in [0.5, 0.6) is 0 Å². The molecule has 0 unspecified atom stereocenters. The molecule has 8 nitrogen and oxygen atoms in total. The van der Waals surface area contributed by atoms with Gasteiger partial charge in [0.25, 0.3) is 11.8 Å². The van der Waals surface area contributed by atoms with Crippen LogP contribution in [-0.4, -0.2) is 40.6 Å². The number of aryl methyl sites for hydroxylation is 1. The molecule has 1 aliphatic heterocycles. The summed E-state index contributed by atoms with van der Waals surface area (Å²) in [6, 6.07) is 11.8. The van der Waals surface area contributed by atoms with Crippen molar-refractivity contribution in [3.05, 3.63) is 75.8 Å². The fraction of sp³-hybridized carbons (Fsp3) is 0.174. The Morgan fingerprint density at radius 3 is 2.56 bits per heavy atom. The average molecular weight is 449 g/mol. The predicted molar refractivity (Wildman–Crippen MR) is 118 cm³/mol. The number of ether oxygens (including phenoxy) is 1. The first kappa shape index (κ1) is 21.4. The van der Waals surface area contributed by atoms with Crippen molar-refractivity contribution < 1.29 is 23.9 Å². The number of carbonyl (C=O) groups is 4. The van der Waals surface area contributed by atoms with Crippen LogP contribution in [0.15, 0.2) is 47.8 Å². The Bertz CT molecular complexity index is 1270. The van der Waals surface area contributed by atoms with Crippen LogP contribution in [0.2, 0.25) is 0 Å². The summed E-state index contributed by atoms with van der Waals surface area (Å²) < 4.78 is 5.33. The van der Waals surface area contributed by atoms with Crippen LogP contribution in [0.25, 0.3) is 0 Å². The largest absolute Gasteiger partial charge is 0.456 e. The monoisotopic (exact) mass is 449 g/mol. The molecule has 4 rings (SSSR count). The van der Waals surface area contributed by atoms with Crippen molar-refractivity contribution in [2.24, 2.45) is 0 Å². The van der Waals surface area contributed by atoms with E-state index in [1.165, 1.54) is 48.4 Å². The van der Waals surface area contributed by atoms with Crippen molar-refractivity contribution in [2.75, 3.05) is 11.9 Å². The maximum absolute atomic E-state index is 12.5. The highest BCUT2D eigenvalue weighted by molar-refractivity contribution is 7.14. The summed E-state index contributed by atoms with van der Waals surface area (Å²) in [5.41, 5.74) is 2.82. The molecule has 162 valence electrons. The van der Waals surface area contributed by atoms with Crippen LogP contribution in [0.3, 0.4) is 0 Å². The van der Waals surface area contributed by atoms with Gasteiger partial charge in [-0.05, 0) is 42.8 Å². The molecule has 3 amide bonds. The van der Waals surface area contributed by atoms with E-state index in [4.69, 9.17) is 4.74 Å². The van der Waals surface area contributed by atoms with Crippen LogP contribution in [0.4, 0.5) is 10.8 Å². The number of esters is 1. The number of aromatic nitrogens is 1. The smallest absolute Gasteiger partial charge is 0.338 e. The molecule has 0 saturated carbocycles. The zero-order chi connectivity index (χ0) is 23.0. The van der Waals surface area contributed by atoms with E-state index in [0.717, 1.165) is 10.5 Å². The number of hydrogen-bond acceptors (Lipinski definition) is 7. The van der Waals surface area contributed by atoms with Gasteiger partial charge in [0.1, 0.15) is 6.61 Å². The summed E-state index contributed by atoms with van der Waals surface area (Å²) in [7, 11) is 1.39. The summed E-state index contributed by atoms with van der Waals surface area (Å²) in [6.07, 6.45) is 0. The normalized spacial score (nSPS) is 12.7. The fourth-order valence-electron chi connectivity index (χ4n) is 3.37. The topological polar surface area (TPSA) is 96.9 Å². The number of rotatable bonds is 5. The highest BCUT2D eigenvalue weighted by atomic mass is 32.1. The van der Waals surface area contributed by atoms with E-state index in [-0.39, 0.29) is 29.2 Å². The van der Waals surface area contributed by atoms with E-state index in [9.17, 15) is 19.2 Å². The SMILES string of the molecule is CC(=O)N(c1cccc(C)c1)c1nc(COC(=O)c2ccc3c(c2)C(=O)N(C)C3=O)cs1. The van der Waals surface area contributed by atoms with E-state index < -0.39 is 17.8 Å². The first-order chi connectivity index (χ1) is 15.3. The molecule has 2 heterocycles. The van der Waals surface area contributed by atoms with Gasteiger partial charge < -0.3 is 4.74 Å². The maximum Gasteiger partial charge on any atom is 0.338 e. The van der Waals surface area contributed by atoms with Crippen LogP contribution in [0, 0.1) is 6.92 Å². The average Bonchev–Trinajstić information content (AvgIpc) is 3.31. The number of thiazole rings is 1. The molecule has 9 heteroatoms. The van der Waals surface area contributed by atoms with Gasteiger partial charge in [-0.15, -0.1) is 11.3 Å². The molecule has 0 N–H and O–H groups in total. The molecular weight excluding hydrogens is 430 g/mol. The molecular formula is C23H19N3O5S. The molecule has 0 atom stereocenters. The summed E-state index contributed by atoms with van der Waals surface area (Å²) in [4.78, 5) is 55.8. The van der Waals surface area contributed by atoms with Crippen molar-refractivity contribution in [1.82, 2.24) is 9.88 Å². The Hall–Kier alpha value is -3.85. The molecule has 0 saturated heterocycles. The lowest BCUT2D eigenvalue weighted by Crippen LogP contribution is -2.24. The van der Waals surface area contributed by atoms with E-state index in [1.54, 1.807) is 5.38 Å². The Balaban J connectivity index is 1.48. The minimum Gasteiger partial charge on any atom is -0.456 e. The molecule has 1 aromatic heterocycles. The molecule has 0 radical (unpaired) electrons. The van der Waals surface area contributed by atoms with Gasteiger partial charge in [-0.1, -0.05) is 12.1 Å². The Labute approximate surface area is 188 Å². The zero-order valence-electron chi connectivity index (χ0n) is 17.6. The van der Waals surface area contributed by atoms with Crippen LogP contribution in [-0.2, 0) is 16.1 Å². The van der Waals surface area contributed by atoms with Gasteiger partial charge in [0, 0.05) is 19.4 Å². The minimum atomic E-state index is -0.640. The van der Waals surface area contributed by atoms with Crippen molar-refractivity contribution in [3.8, 4) is 0 Å². The lowest BCUT2D eigenvalue weighted by atomic mass is 10.1. The van der Waals surface area contributed by atoms with E-state index in [0.29, 0.717) is 16.5 Å². The highest BCUT2D eigenvalue weighted by Gasteiger charge is 2.33. The number of amides is 3. The van der Waals surface area contributed by atoms with Gasteiger partial charge >= 0.3 is 5.97 Å². The van der Waals surface area contributed by atoms with Gasteiger partial charge in [-0.2, -0.15) is 0 Å². The minimum absolute atomic E-state index is 0.0985. The summed E-state index contributed by atoms with van der Waals surface area (Å²) in [6.45, 7) is 3.30. The zero-order valence-corrected chi connectivity index (χ0v) is 18.4. The molecule has 2 aromatic carbocycles. The third kappa shape index (κ3) is 3.90. The van der Waals surface area contributed by atoms with Crippen LogP contribution in [0.1, 0.15) is 49.3 Å². The predicted octanol–water partition coefficient (Wildman–Crippen LogP) is 3.72. The third-order valence-corrected chi connectivity index (χ3v) is 5.86. The van der Waals surface area contributed by atoms with Gasteiger partial charge in [0.2, 0.25) is 5.91 Å². The Morgan fingerprint density at radius 1 is 1.09 bits per heavy atom. The molecule has 0 fully saturated rings. The quantitative estimate of drug-likeness (QED) is 0.435. The van der Waals surface area contributed by atoms with E-state index in [2.05, 4.69) is 4.98 Å². The molecule has 0 aliphatic carbocycles. The molecule has 3 aromatic rings. The van der Waals surface area contributed by atoms with E-state index in [1.807, 2.05) is 31.2 Å². The van der Waals surface area contributed by atoms with Gasteiger partial charge in [-0.3, -0.25) is 24.2 Å². The summed E-state index contributed by atoms with van der Waals surface area (Å²) >= 11 is 1.27. The molecule has 0 spiro atoms. The standard InChI is InChI=1S/C23H19N3O5S/c1-13-5-4-6-17(9-13)26(14(2)27)23-24-16(12-32-23)11-31-22(30)15-7-8-18-19(10-15)21(29)25(3)20(18)28/h4-10,12H,11H2,1-3H3. The Morgan fingerprint density at radius 2 is 1.84 bits per heavy atom. The fourth-order valence-corrected chi connectivity index (χ4v) is 4.24. The second-order valence-corrected chi connectivity index (χ2v) is 8.16. The van der Waals surface area contributed by atoms with Gasteiger partial charge in [0.15, 0.2) is 5.13 Å². The van der Waals surface area contributed by atoms with Gasteiger partial charge in [-0.25, -0.2) is 9.78 Å². The molecule has 1 aliphatic rings. The third-order valence-electron chi connectivity index (χ3n) is 4.98. The number of imide groups is 1. The van der Waals surface area contributed by atoms with Gasteiger partial charge in [0.05, 0.1) is 28.1 Å². The maximum atomic E-state index is 12.5. The summed E-state index contributed by atoms with van der Waals surface area (Å²) in [5, 5.41) is 2.19. The second-order valence-electron chi connectivity index (χ2n) is 7.32. The number of anilines is 2. The van der Waals surface area contributed by atoms with Crippen molar-refractivity contribution in [1.29, 1.82) is 0 Å². The van der Waals surface area contributed by atoms with Crippen LogP contribution >= 0.6 is 11.3 Å². The Kier molecular flexibility index (Phi) is 5.58. The number of nitrogens with zero attached hydrogens (tertiary/aromatic N) is 3. The summed E-state index contributed by atoms with van der Waals surface area (Å²) in [5.74, 6) is -1.68. The lowest BCUT2D eigenvalue weighted by Gasteiger charge is -2.18. The molecule has 32 heavy (non-hydrogen) atoms. The first-order valence-electron chi connectivity index (χ1n) is 9.71. The highest BCUT2D eigenvalue weighted by Crippen LogP contribution is 2.30. The number of fused-ring (bicyclic) bond motifs is 1. The van der Waals surface area contributed by atoms with Crippen LogP contribution < -0.4 is 4.90 Å². The molecule has 0 bridgehead atoms. The second kappa shape index (κ2) is 8.35. The lowest BCUT2D eigenvalue weighted by molar-refractivity contribution is -0.115.